The quantitative estimate of drug-likeness (QED) is 0.765. The van der Waals surface area contributed by atoms with Crippen molar-refractivity contribution < 1.29 is 8.42 Å². The zero-order valence-electron chi connectivity index (χ0n) is 7.97. The average molecular weight is 241 g/mol. The number of thiol groups is 1. The first kappa shape index (κ1) is 10.7. The summed E-state index contributed by atoms with van der Waals surface area (Å²) in [4.78, 5) is 0.705. The first-order valence-electron chi connectivity index (χ1n) is 4.49. The number of nitrogens with two attached hydrogens (primary N) is 1. The maximum atomic E-state index is 11.9. The van der Waals surface area contributed by atoms with E-state index in [1.54, 1.807) is 18.2 Å². The number of fused-ring (bicyclic) bond motifs is 1. The van der Waals surface area contributed by atoms with Gasteiger partial charge in [0.05, 0.1) is 9.80 Å². The molecule has 0 unspecified atom stereocenters. The molecule has 80 valence electrons. The predicted molar refractivity (Wildman–Crippen MR) is 63.3 cm³/mol. The topological polar surface area (TPSA) is 60.2 Å². The summed E-state index contributed by atoms with van der Waals surface area (Å²) in [6, 6.07) is 5.16. The third-order valence-electron chi connectivity index (χ3n) is 2.47. The first-order valence-corrected chi connectivity index (χ1v) is 6.61. The minimum Gasteiger partial charge on any atom is -0.326 e. The van der Waals surface area contributed by atoms with Gasteiger partial charge >= 0.3 is 0 Å². The molecule has 2 N–H and O–H groups in total. The highest BCUT2D eigenvalue weighted by Gasteiger charge is 2.29. The summed E-state index contributed by atoms with van der Waals surface area (Å²) in [6.07, 6.45) is 1.67. The predicted octanol–water partition coefficient (Wildman–Crippen LogP) is 1.20. The first-order chi connectivity index (χ1) is 7.11. The van der Waals surface area contributed by atoms with Crippen molar-refractivity contribution in [2.45, 2.75) is 11.4 Å². The summed E-state index contributed by atoms with van der Waals surface area (Å²) in [5.41, 5.74) is 7.14. The van der Waals surface area contributed by atoms with Gasteiger partial charge < -0.3 is 5.73 Å². The Hall–Kier alpha value is -0.780. The van der Waals surface area contributed by atoms with Crippen LogP contribution in [-0.4, -0.2) is 14.2 Å². The molecule has 0 fully saturated rings. The summed E-state index contributed by atoms with van der Waals surface area (Å²) in [7, 11) is -3.30. The van der Waals surface area contributed by atoms with Crippen molar-refractivity contribution >= 4 is 28.5 Å². The molecule has 15 heavy (non-hydrogen) atoms. The molecule has 0 aromatic heterocycles. The van der Waals surface area contributed by atoms with Crippen molar-refractivity contribution in [2.24, 2.45) is 5.73 Å². The lowest BCUT2D eigenvalue weighted by molar-refractivity contribution is 0.603. The van der Waals surface area contributed by atoms with Gasteiger partial charge in [0.15, 0.2) is 0 Å². The highest BCUT2D eigenvalue weighted by molar-refractivity contribution is 7.97. The minimum atomic E-state index is -3.30. The van der Waals surface area contributed by atoms with E-state index in [1.165, 1.54) is 0 Å². The molecular formula is C10H11NO2S2. The summed E-state index contributed by atoms with van der Waals surface area (Å²) in [6.45, 7) is 0.342. The molecule has 0 radical (unpaired) electrons. The van der Waals surface area contributed by atoms with E-state index in [9.17, 15) is 8.42 Å². The molecule has 1 aromatic rings. The SMILES string of the molecule is NCc1cccc2c1C=C(CS)S2(=O)=O. The molecule has 1 aliphatic rings. The highest BCUT2D eigenvalue weighted by Crippen LogP contribution is 2.34. The van der Waals surface area contributed by atoms with Crippen LogP contribution < -0.4 is 5.73 Å². The Bertz CT molecular complexity index is 532. The van der Waals surface area contributed by atoms with Gasteiger partial charge in [0.25, 0.3) is 0 Å². The lowest BCUT2D eigenvalue weighted by Gasteiger charge is -2.03. The van der Waals surface area contributed by atoms with E-state index in [1.807, 2.05) is 6.07 Å². The number of hydrogen-bond acceptors (Lipinski definition) is 4. The Morgan fingerprint density at radius 1 is 1.33 bits per heavy atom. The second kappa shape index (κ2) is 3.66. The maximum absolute atomic E-state index is 11.9. The second-order valence-electron chi connectivity index (χ2n) is 3.31. The Morgan fingerprint density at radius 3 is 2.67 bits per heavy atom. The molecule has 0 aliphatic carbocycles. The standard InChI is InChI=1S/C10H11NO2S2/c11-5-7-2-1-3-10-9(7)4-8(6-14)15(10,12)13/h1-4,14H,5-6,11H2. The van der Waals surface area contributed by atoms with Gasteiger partial charge in [-0.25, -0.2) is 8.42 Å². The number of hydrogen-bond donors (Lipinski definition) is 2. The fourth-order valence-electron chi connectivity index (χ4n) is 1.68. The lowest BCUT2D eigenvalue weighted by atomic mass is 10.1. The van der Waals surface area contributed by atoms with Crippen molar-refractivity contribution in [3.8, 4) is 0 Å². The summed E-state index contributed by atoms with van der Waals surface area (Å²) in [5.74, 6) is 0.223. The summed E-state index contributed by atoms with van der Waals surface area (Å²) < 4.78 is 23.9. The molecule has 1 aliphatic heterocycles. The van der Waals surface area contributed by atoms with Crippen LogP contribution in [0.1, 0.15) is 11.1 Å². The molecule has 0 saturated heterocycles. The van der Waals surface area contributed by atoms with Crippen molar-refractivity contribution in [3.63, 3.8) is 0 Å². The van der Waals surface area contributed by atoms with Crippen molar-refractivity contribution in [3.05, 3.63) is 34.2 Å². The van der Waals surface area contributed by atoms with Gasteiger partial charge in [-0.2, -0.15) is 12.6 Å². The van der Waals surface area contributed by atoms with Gasteiger partial charge in [-0.1, -0.05) is 12.1 Å². The van der Waals surface area contributed by atoms with Crippen molar-refractivity contribution in [1.82, 2.24) is 0 Å². The monoisotopic (exact) mass is 241 g/mol. The number of sulfone groups is 1. The maximum Gasteiger partial charge on any atom is 0.204 e. The third kappa shape index (κ3) is 1.51. The molecule has 5 heteroatoms. The van der Waals surface area contributed by atoms with Gasteiger partial charge in [0.2, 0.25) is 9.84 Å². The molecular weight excluding hydrogens is 230 g/mol. The van der Waals surface area contributed by atoms with Crippen LogP contribution in [0.4, 0.5) is 0 Å². The number of rotatable bonds is 2. The summed E-state index contributed by atoms with van der Waals surface area (Å²) >= 11 is 4.02. The van der Waals surface area contributed by atoms with E-state index in [0.29, 0.717) is 16.3 Å². The van der Waals surface area contributed by atoms with Gasteiger partial charge in [-0.05, 0) is 23.3 Å². The van der Waals surface area contributed by atoms with Crippen LogP contribution >= 0.6 is 12.6 Å². The Balaban J connectivity index is 2.73. The molecule has 1 heterocycles. The molecule has 1 aromatic carbocycles. The van der Waals surface area contributed by atoms with E-state index in [-0.39, 0.29) is 5.75 Å². The minimum absolute atomic E-state index is 0.223. The van der Waals surface area contributed by atoms with E-state index in [2.05, 4.69) is 12.6 Å². The molecule has 0 bridgehead atoms. The third-order valence-corrected chi connectivity index (χ3v) is 4.91. The smallest absolute Gasteiger partial charge is 0.204 e. The fraction of sp³-hybridized carbons (Fsp3) is 0.200. The lowest BCUT2D eigenvalue weighted by Crippen LogP contribution is -2.03. The molecule has 0 amide bonds. The van der Waals surface area contributed by atoms with Crippen LogP contribution in [0, 0.1) is 0 Å². The van der Waals surface area contributed by atoms with Gasteiger partial charge in [-0.15, -0.1) is 0 Å². The van der Waals surface area contributed by atoms with E-state index < -0.39 is 9.84 Å². The van der Waals surface area contributed by atoms with E-state index >= 15 is 0 Å². The fourth-order valence-corrected chi connectivity index (χ4v) is 3.74. The molecule has 0 spiro atoms. The van der Waals surface area contributed by atoms with Crippen LogP contribution in [-0.2, 0) is 16.4 Å². The highest BCUT2D eigenvalue weighted by atomic mass is 32.2. The van der Waals surface area contributed by atoms with E-state index in [4.69, 9.17) is 5.73 Å². The zero-order valence-corrected chi connectivity index (χ0v) is 9.68. The van der Waals surface area contributed by atoms with Crippen molar-refractivity contribution in [2.75, 3.05) is 5.75 Å². The normalized spacial score (nSPS) is 17.3. The van der Waals surface area contributed by atoms with Crippen LogP contribution in [0.3, 0.4) is 0 Å². The van der Waals surface area contributed by atoms with Gasteiger partial charge in [0.1, 0.15) is 0 Å². The summed E-state index contributed by atoms with van der Waals surface area (Å²) in [5, 5.41) is 0. The largest absolute Gasteiger partial charge is 0.326 e. The molecule has 0 atom stereocenters. The van der Waals surface area contributed by atoms with Gasteiger partial charge in [0, 0.05) is 12.3 Å². The van der Waals surface area contributed by atoms with Crippen LogP contribution in [0.5, 0.6) is 0 Å². The van der Waals surface area contributed by atoms with Crippen molar-refractivity contribution in [1.29, 1.82) is 0 Å². The second-order valence-corrected chi connectivity index (χ2v) is 5.59. The molecule has 0 saturated carbocycles. The van der Waals surface area contributed by atoms with Crippen LogP contribution in [0.2, 0.25) is 0 Å². The zero-order chi connectivity index (χ0) is 11.1. The van der Waals surface area contributed by atoms with E-state index in [0.717, 1.165) is 11.1 Å². The Morgan fingerprint density at radius 2 is 2.07 bits per heavy atom. The van der Waals surface area contributed by atoms with Crippen LogP contribution in [0.15, 0.2) is 28.0 Å². The van der Waals surface area contributed by atoms with Crippen LogP contribution in [0.25, 0.3) is 6.08 Å². The number of benzene rings is 1. The van der Waals surface area contributed by atoms with Gasteiger partial charge in [-0.3, -0.25) is 0 Å². The average Bonchev–Trinajstić information content (AvgIpc) is 2.50. The Labute approximate surface area is 94.3 Å². The molecule has 2 rings (SSSR count). The Kier molecular flexibility index (Phi) is 2.62. The molecule has 3 nitrogen and oxygen atoms in total.